The first kappa shape index (κ1) is 13.3. The Morgan fingerprint density at radius 1 is 1.30 bits per heavy atom. The Balaban J connectivity index is 2.11. The van der Waals surface area contributed by atoms with Crippen molar-refractivity contribution in [1.29, 1.82) is 0 Å². The van der Waals surface area contributed by atoms with Gasteiger partial charge in [0.2, 0.25) is 5.95 Å². The Hall–Kier alpha value is -1.71. The van der Waals surface area contributed by atoms with Crippen LogP contribution in [-0.4, -0.2) is 24.7 Å². The largest absolute Gasteiger partial charge is 0.309 e. The van der Waals surface area contributed by atoms with Crippen molar-refractivity contribution in [2.45, 2.75) is 24.0 Å². The van der Waals surface area contributed by atoms with Crippen LogP contribution in [0.25, 0.3) is 10.2 Å². The lowest BCUT2D eigenvalue weighted by Crippen LogP contribution is -2.10. The Kier molecular flexibility index (Phi) is 3.32. The summed E-state index contributed by atoms with van der Waals surface area (Å²) in [6, 6.07) is 2.08. The Morgan fingerprint density at radius 2 is 2.10 bits per heavy atom. The predicted molar refractivity (Wildman–Crippen MR) is 79.8 cm³/mol. The summed E-state index contributed by atoms with van der Waals surface area (Å²) in [7, 11) is 1.93. The van der Waals surface area contributed by atoms with E-state index in [2.05, 4.69) is 31.7 Å². The second kappa shape index (κ2) is 5.00. The molecule has 20 heavy (non-hydrogen) atoms. The van der Waals surface area contributed by atoms with E-state index >= 15 is 0 Å². The number of nitrogens with one attached hydrogen (secondary N) is 1. The molecule has 3 rings (SSSR count). The number of nitrogens with zero attached hydrogens (tertiary/aromatic N) is 5. The smallest absolute Gasteiger partial charge is 0.239 e. The zero-order valence-electron chi connectivity index (χ0n) is 11.2. The highest BCUT2D eigenvalue weighted by atomic mass is 32.2. The van der Waals surface area contributed by atoms with Gasteiger partial charge >= 0.3 is 0 Å². The van der Waals surface area contributed by atoms with Gasteiger partial charge in [-0.05, 0) is 31.7 Å². The lowest BCUT2D eigenvalue weighted by Gasteiger charge is -2.04. The minimum atomic E-state index is 0.403. The third-order valence-electron chi connectivity index (χ3n) is 2.85. The number of hydrogen-bond acceptors (Lipinski definition) is 8. The second-order valence-corrected chi connectivity index (χ2v) is 6.45. The number of fused-ring (bicyclic) bond motifs is 1. The lowest BCUT2D eigenvalue weighted by atomic mass is 10.4. The zero-order chi connectivity index (χ0) is 14.3. The van der Waals surface area contributed by atoms with E-state index in [4.69, 9.17) is 5.84 Å². The lowest BCUT2D eigenvalue weighted by molar-refractivity contribution is 0.765. The summed E-state index contributed by atoms with van der Waals surface area (Å²) in [5, 5.41) is 10.8. The van der Waals surface area contributed by atoms with Gasteiger partial charge < -0.3 is 4.57 Å². The average Bonchev–Trinajstić information content (AvgIpc) is 2.95. The number of aryl methyl sites for hydroxylation is 2. The highest BCUT2D eigenvalue weighted by Crippen LogP contribution is 2.34. The number of nitrogens with two attached hydrogens (primary N) is 1. The second-order valence-electron chi connectivity index (χ2n) is 4.26. The molecule has 3 N–H and O–H groups in total. The Bertz CT molecular complexity index is 777. The Morgan fingerprint density at radius 3 is 2.75 bits per heavy atom. The van der Waals surface area contributed by atoms with E-state index in [9.17, 15) is 0 Å². The van der Waals surface area contributed by atoms with Gasteiger partial charge in [-0.25, -0.2) is 15.8 Å². The minimum Gasteiger partial charge on any atom is -0.309 e. The summed E-state index contributed by atoms with van der Waals surface area (Å²) in [6.07, 6.45) is 0. The van der Waals surface area contributed by atoms with Crippen LogP contribution in [0, 0.1) is 13.8 Å². The molecule has 0 amide bonds. The first-order valence-electron chi connectivity index (χ1n) is 5.87. The molecule has 0 saturated heterocycles. The maximum atomic E-state index is 5.43. The van der Waals surface area contributed by atoms with Gasteiger partial charge in [-0.1, -0.05) is 0 Å². The minimum absolute atomic E-state index is 0.403. The summed E-state index contributed by atoms with van der Waals surface area (Å²) in [4.78, 5) is 10.9. The first-order valence-corrected chi connectivity index (χ1v) is 7.50. The van der Waals surface area contributed by atoms with Crippen molar-refractivity contribution in [2.75, 3.05) is 5.43 Å². The number of rotatable bonds is 3. The monoisotopic (exact) mass is 307 g/mol. The van der Waals surface area contributed by atoms with Gasteiger partial charge in [-0.15, -0.1) is 21.5 Å². The first-order chi connectivity index (χ1) is 9.58. The summed E-state index contributed by atoms with van der Waals surface area (Å²) < 4.78 is 1.92. The van der Waals surface area contributed by atoms with Gasteiger partial charge in [0.15, 0.2) is 5.16 Å². The molecular weight excluding hydrogens is 294 g/mol. The number of nitrogen functional groups attached to an aromatic ring is 1. The van der Waals surface area contributed by atoms with Crippen LogP contribution in [0.2, 0.25) is 0 Å². The number of hydrogen-bond donors (Lipinski definition) is 2. The van der Waals surface area contributed by atoms with Crippen LogP contribution in [0.3, 0.4) is 0 Å². The Labute approximate surface area is 123 Å². The highest BCUT2D eigenvalue weighted by molar-refractivity contribution is 7.99. The molecule has 0 fully saturated rings. The molecule has 3 aromatic rings. The van der Waals surface area contributed by atoms with Gasteiger partial charge in [0, 0.05) is 17.3 Å². The van der Waals surface area contributed by atoms with E-state index in [0.29, 0.717) is 5.95 Å². The molecular formula is C11H13N7S2. The van der Waals surface area contributed by atoms with E-state index < -0.39 is 0 Å². The summed E-state index contributed by atoms with van der Waals surface area (Å²) in [6.45, 7) is 3.96. The fourth-order valence-electron chi connectivity index (χ4n) is 1.72. The topological polar surface area (TPSA) is 94.5 Å². The predicted octanol–water partition coefficient (Wildman–Crippen LogP) is 1.87. The van der Waals surface area contributed by atoms with Crippen molar-refractivity contribution in [3.8, 4) is 0 Å². The quantitative estimate of drug-likeness (QED) is 0.433. The standard InChI is InChI=1S/C11H13N7S2/c1-5-4-7-8(19-5)13-10(15-12)14-9(7)20-11-17-16-6(2)18(11)3/h4H,12H2,1-3H3,(H,13,14,15). The molecule has 3 aromatic heterocycles. The third kappa shape index (κ3) is 2.23. The molecule has 0 atom stereocenters. The number of hydrazine groups is 1. The van der Waals surface area contributed by atoms with Crippen LogP contribution in [-0.2, 0) is 7.05 Å². The van der Waals surface area contributed by atoms with Crippen LogP contribution < -0.4 is 11.3 Å². The maximum absolute atomic E-state index is 5.43. The highest BCUT2D eigenvalue weighted by Gasteiger charge is 2.14. The van der Waals surface area contributed by atoms with E-state index in [1.165, 1.54) is 16.6 Å². The van der Waals surface area contributed by atoms with Gasteiger partial charge in [-0.2, -0.15) is 0 Å². The van der Waals surface area contributed by atoms with Crippen molar-refractivity contribution in [2.24, 2.45) is 12.9 Å². The molecule has 0 radical (unpaired) electrons. The van der Waals surface area contributed by atoms with Crippen LogP contribution in [0.5, 0.6) is 0 Å². The van der Waals surface area contributed by atoms with Crippen molar-refractivity contribution < 1.29 is 0 Å². The molecule has 0 unspecified atom stereocenters. The van der Waals surface area contributed by atoms with Crippen molar-refractivity contribution in [3.63, 3.8) is 0 Å². The molecule has 0 aliphatic rings. The molecule has 0 aromatic carbocycles. The molecule has 0 saturated carbocycles. The summed E-state index contributed by atoms with van der Waals surface area (Å²) in [5.74, 6) is 6.69. The molecule has 0 bridgehead atoms. The number of aromatic nitrogens is 5. The molecule has 9 heteroatoms. The van der Waals surface area contributed by atoms with Crippen LogP contribution in [0.1, 0.15) is 10.7 Å². The van der Waals surface area contributed by atoms with E-state index in [1.807, 2.05) is 25.5 Å². The van der Waals surface area contributed by atoms with Gasteiger partial charge in [0.05, 0.1) is 0 Å². The molecule has 104 valence electrons. The zero-order valence-corrected chi connectivity index (χ0v) is 12.8. The van der Waals surface area contributed by atoms with E-state index in [1.54, 1.807) is 11.3 Å². The van der Waals surface area contributed by atoms with Crippen molar-refractivity contribution in [1.82, 2.24) is 24.7 Å². The molecule has 0 aliphatic heterocycles. The molecule has 3 heterocycles. The van der Waals surface area contributed by atoms with Crippen LogP contribution >= 0.6 is 23.1 Å². The average molecular weight is 307 g/mol. The van der Waals surface area contributed by atoms with Crippen molar-refractivity contribution >= 4 is 39.3 Å². The number of anilines is 1. The van der Waals surface area contributed by atoms with Gasteiger partial charge in [0.1, 0.15) is 15.7 Å². The van der Waals surface area contributed by atoms with Gasteiger partial charge in [-0.3, -0.25) is 5.43 Å². The van der Waals surface area contributed by atoms with Crippen LogP contribution in [0.15, 0.2) is 16.2 Å². The molecule has 0 aliphatic carbocycles. The van der Waals surface area contributed by atoms with Crippen molar-refractivity contribution in [3.05, 3.63) is 16.8 Å². The fourth-order valence-corrected chi connectivity index (χ4v) is 3.59. The molecule has 7 nitrogen and oxygen atoms in total. The normalized spacial score (nSPS) is 11.2. The maximum Gasteiger partial charge on any atom is 0.239 e. The van der Waals surface area contributed by atoms with E-state index in [0.717, 1.165) is 26.2 Å². The third-order valence-corrected chi connectivity index (χ3v) is 4.84. The molecule has 0 spiro atoms. The SMILES string of the molecule is Cc1cc2c(Sc3nnc(C)n3C)nc(NN)nc2s1. The van der Waals surface area contributed by atoms with E-state index in [-0.39, 0.29) is 0 Å². The number of thiophene rings is 1. The fraction of sp³-hybridized carbons (Fsp3) is 0.273. The summed E-state index contributed by atoms with van der Waals surface area (Å²) in [5.41, 5.74) is 2.50. The van der Waals surface area contributed by atoms with Gasteiger partial charge in [0.25, 0.3) is 0 Å². The van der Waals surface area contributed by atoms with Crippen LogP contribution in [0.4, 0.5) is 5.95 Å². The summed E-state index contributed by atoms with van der Waals surface area (Å²) >= 11 is 3.07.